The zero-order valence-electron chi connectivity index (χ0n) is 17.5. The summed E-state index contributed by atoms with van der Waals surface area (Å²) >= 11 is 0. The van der Waals surface area contributed by atoms with Gasteiger partial charge in [0.25, 0.3) is 0 Å². The summed E-state index contributed by atoms with van der Waals surface area (Å²) in [6.07, 6.45) is 2.80. The van der Waals surface area contributed by atoms with E-state index in [0.29, 0.717) is 5.69 Å². The molecule has 0 bridgehead atoms. The van der Waals surface area contributed by atoms with Gasteiger partial charge in [0.1, 0.15) is 5.82 Å². The standard InChI is InChI=1S/C21H35FN4O.HI/c1-4-21(5-2,11-16-27)17-24-20(23-6-3)26-14-12-25(13-15-26)19-10-8-7-9-18(19)22;/h7-10,27H,4-6,11-17H2,1-3H3,(H,23,24);1H. The van der Waals surface area contributed by atoms with Crippen molar-refractivity contribution in [1.82, 2.24) is 10.2 Å². The Bertz CT molecular complexity index is 602. The number of hydrogen-bond acceptors (Lipinski definition) is 3. The number of guanidine groups is 1. The van der Waals surface area contributed by atoms with Gasteiger partial charge in [0.05, 0.1) is 5.69 Å². The third-order valence-electron chi connectivity index (χ3n) is 5.81. The summed E-state index contributed by atoms with van der Waals surface area (Å²) in [5, 5.41) is 12.8. The van der Waals surface area contributed by atoms with Crippen LogP contribution in [0.15, 0.2) is 29.3 Å². The highest BCUT2D eigenvalue weighted by Gasteiger charge is 2.27. The Hall–Kier alpha value is -1.09. The zero-order chi connectivity index (χ0) is 19.7. The molecule has 0 aliphatic carbocycles. The molecule has 7 heteroatoms. The van der Waals surface area contributed by atoms with Gasteiger partial charge in [-0.15, -0.1) is 24.0 Å². The van der Waals surface area contributed by atoms with Crippen LogP contribution in [0.25, 0.3) is 0 Å². The Morgan fingerprint density at radius 2 is 1.79 bits per heavy atom. The molecule has 1 heterocycles. The number of halogens is 2. The van der Waals surface area contributed by atoms with Crippen LogP contribution >= 0.6 is 24.0 Å². The molecule has 2 N–H and O–H groups in total. The van der Waals surface area contributed by atoms with E-state index in [2.05, 4.69) is 35.9 Å². The Morgan fingerprint density at radius 3 is 2.32 bits per heavy atom. The van der Waals surface area contributed by atoms with Crippen molar-refractivity contribution in [2.75, 3.05) is 50.8 Å². The highest BCUT2D eigenvalue weighted by molar-refractivity contribution is 14.0. The minimum Gasteiger partial charge on any atom is -0.396 e. The van der Waals surface area contributed by atoms with Crippen molar-refractivity contribution in [2.24, 2.45) is 10.4 Å². The van der Waals surface area contributed by atoms with E-state index in [9.17, 15) is 9.50 Å². The van der Waals surface area contributed by atoms with Crippen LogP contribution in [0.1, 0.15) is 40.0 Å². The largest absolute Gasteiger partial charge is 0.396 e. The van der Waals surface area contributed by atoms with Crippen LogP contribution in [0.5, 0.6) is 0 Å². The number of aliphatic hydroxyl groups excluding tert-OH is 1. The second-order valence-electron chi connectivity index (χ2n) is 7.28. The summed E-state index contributed by atoms with van der Waals surface area (Å²) in [7, 11) is 0. The highest BCUT2D eigenvalue weighted by Crippen LogP contribution is 2.30. The van der Waals surface area contributed by atoms with Gasteiger partial charge in [0.2, 0.25) is 0 Å². The van der Waals surface area contributed by atoms with Crippen LogP contribution < -0.4 is 10.2 Å². The maximum atomic E-state index is 14.0. The number of aliphatic imine (C=N–C) groups is 1. The van der Waals surface area contributed by atoms with E-state index in [4.69, 9.17) is 4.99 Å². The lowest BCUT2D eigenvalue weighted by molar-refractivity contribution is 0.175. The van der Waals surface area contributed by atoms with Crippen LogP contribution in [-0.4, -0.2) is 61.8 Å². The fourth-order valence-electron chi connectivity index (χ4n) is 3.68. The molecule has 1 aromatic carbocycles. The topological polar surface area (TPSA) is 51.1 Å². The van der Waals surface area contributed by atoms with Crippen molar-refractivity contribution in [3.05, 3.63) is 30.1 Å². The normalized spacial score (nSPS) is 15.4. The number of piperazine rings is 1. The molecule has 1 fully saturated rings. The second kappa shape index (κ2) is 12.5. The molecule has 1 aliphatic heterocycles. The molecule has 2 rings (SSSR count). The number of nitrogens with one attached hydrogen (secondary N) is 1. The zero-order valence-corrected chi connectivity index (χ0v) is 19.8. The van der Waals surface area contributed by atoms with Gasteiger partial charge in [-0.25, -0.2) is 4.39 Å². The Morgan fingerprint density at radius 1 is 1.14 bits per heavy atom. The minimum absolute atomic E-state index is 0. The molecular weight excluding hydrogens is 470 g/mol. The van der Waals surface area contributed by atoms with E-state index in [-0.39, 0.29) is 41.8 Å². The van der Waals surface area contributed by atoms with E-state index >= 15 is 0 Å². The quantitative estimate of drug-likeness (QED) is 0.321. The summed E-state index contributed by atoms with van der Waals surface area (Å²) in [6, 6.07) is 6.97. The first-order valence-electron chi connectivity index (χ1n) is 10.2. The number of hydrogen-bond donors (Lipinski definition) is 2. The second-order valence-corrected chi connectivity index (χ2v) is 7.28. The van der Waals surface area contributed by atoms with Crippen molar-refractivity contribution in [2.45, 2.75) is 40.0 Å². The first kappa shape index (κ1) is 24.9. The number of nitrogens with zero attached hydrogens (tertiary/aromatic N) is 3. The van der Waals surface area contributed by atoms with Gasteiger partial charge in [-0.2, -0.15) is 0 Å². The molecular formula is C21H36FIN4O. The smallest absolute Gasteiger partial charge is 0.194 e. The van der Waals surface area contributed by atoms with E-state index in [1.54, 1.807) is 6.07 Å². The minimum atomic E-state index is -0.161. The monoisotopic (exact) mass is 506 g/mol. The molecule has 1 aromatic rings. The molecule has 0 saturated carbocycles. The average molecular weight is 506 g/mol. The highest BCUT2D eigenvalue weighted by atomic mass is 127. The third kappa shape index (κ3) is 6.47. The number of benzene rings is 1. The van der Waals surface area contributed by atoms with Crippen LogP contribution in [0.2, 0.25) is 0 Å². The van der Waals surface area contributed by atoms with Crippen molar-refractivity contribution >= 4 is 35.6 Å². The lowest BCUT2D eigenvalue weighted by Crippen LogP contribution is -2.53. The molecule has 1 saturated heterocycles. The summed E-state index contributed by atoms with van der Waals surface area (Å²) in [5.41, 5.74) is 0.739. The Kier molecular flexibility index (Phi) is 11.1. The van der Waals surface area contributed by atoms with E-state index in [0.717, 1.165) is 64.5 Å². The fraction of sp³-hybridized carbons (Fsp3) is 0.667. The number of rotatable bonds is 8. The van der Waals surface area contributed by atoms with E-state index in [1.165, 1.54) is 6.07 Å². The van der Waals surface area contributed by atoms with Crippen LogP contribution in [0, 0.1) is 11.2 Å². The predicted octanol–water partition coefficient (Wildman–Crippen LogP) is 3.72. The summed E-state index contributed by atoms with van der Waals surface area (Å²) in [5.74, 6) is 0.765. The maximum Gasteiger partial charge on any atom is 0.194 e. The van der Waals surface area contributed by atoms with Crippen molar-refractivity contribution in [3.8, 4) is 0 Å². The molecule has 0 spiro atoms. The molecule has 1 aliphatic rings. The van der Waals surface area contributed by atoms with Gasteiger partial charge in [-0.1, -0.05) is 26.0 Å². The third-order valence-corrected chi connectivity index (χ3v) is 5.81. The maximum absolute atomic E-state index is 14.0. The van der Waals surface area contributed by atoms with Crippen LogP contribution in [0.3, 0.4) is 0 Å². The van der Waals surface area contributed by atoms with Gasteiger partial charge in [-0.05, 0) is 43.7 Å². The van der Waals surface area contributed by atoms with Crippen molar-refractivity contribution in [3.63, 3.8) is 0 Å². The fourth-order valence-corrected chi connectivity index (χ4v) is 3.68. The molecule has 0 atom stereocenters. The van der Waals surface area contributed by atoms with E-state index < -0.39 is 0 Å². The summed E-state index contributed by atoms with van der Waals surface area (Å²) < 4.78 is 14.0. The van der Waals surface area contributed by atoms with Crippen LogP contribution in [0.4, 0.5) is 10.1 Å². The predicted molar refractivity (Wildman–Crippen MR) is 126 cm³/mol. The average Bonchev–Trinajstić information content (AvgIpc) is 2.71. The summed E-state index contributed by atoms with van der Waals surface area (Å²) in [6.45, 7) is 11.3. The molecule has 160 valence electrons. The van der Waals surface area contributed by atoms with Crippen molar-refractivity contribution in [1.29, 1.82) is 0 Å². The molecule has 0 unspecified atom stereocenters. The van der Waals surface area contributed by atoms with E-state index in [1.807, 2.05) is 12.1 Å². The molecule has 28 heavy (non-hydrogen) atoms. The number of para-hydroxylation sites is 1. The lowest BCUT2D eigenvalue weighted by atomic mass is 9.79. The van der Waals surface area contributed by atoms with Gasteiger partial charge < -0.3 is 20.2 Å². The lowest BCUT2D eigenvalue weighted by Gasteiger charge is -2.38. The Balaban J connectivity index is 0.00000392. The molecule has 5 nitrogen and oxygen atoms in total. The molecule has 0 amide bonds. The van der Waals surface area contributed by atoms with Gasteiger partial charge in [0.15, 0.2) is 5.96 Å². The van der Waals surface area contributed by atoms with Gasteiger partial charge in [-0.3, -0.25) is 4.99 Å². The number of aliphatic hydroxyl groups is 1. The summed E-state index contributed by atoms with van der Waals surface area (Å²) in [4.78, 5) is 9.27. The first-order chi connectivity index (χ1) is 13.1. The number of anilines is 1. The first-order valence-corrected chi connectivity index (χ1v) is 10.2. The van der Waals surface area contributed by atoms with Gasteiger partial charge >= 0.3 is 0 Å². The van der Waals surface area contributed by atoms with Crippen LogP contribution in [-0.2, 0) is 0 Å². The van der Waals surface area contributed by atoms with Crippen molar-refractivity contribution < 1.29 is 9.50 Å². The molecule has 0 aromatic heterocycles. The van der Waals surface area contributed by atoms with Gasteiger partial charge in [0, 0.05) is 45.9 Å². The SMILES string of the molecule is CCNC(=NCC(CC)(CC)CCO)N1CCN(c2ccccc2F)CC1.I. The molecule has 0 radical (unpaired) electrons. The Labute approximate surface area is 186 Å².